The molecule has 0 saturated heterocycles. The summed E-state index contributed by atoms with van der Waals surface area (Å²) in [6.45, 7) is 0.274. The Morgan fingerprint density at radius 3 is 2.44 bits per heavy atom. The van der Waals surface area contributed by atoms with Gasteiger partial charge in [0.2, 0.25) is 0 Å². The molecular weight excluding hydrogens is 427 g/mol. The van der Waals surface area contributed by atoms with Crippen LogP contribution in [0.5, 0.6) is 11.5 Å². The van der Waals surface area contributed by atoms with E-state index >= 15 is 0 Å². The quantitative estimate of drug-likeness (QED) is 0.556. The average Bonchev–Trinajstić information content (AvgIpc) is 2.61. The Morgan fingerprint density at radius 2 is 1.84 bits per heavy atom. The summed E-state index contributed by atoms with van der Waals surface area (Å²) >= 11 is 15.3. The second kappa shape index (κ2) is 8.78. The van der Waals surface area contributed by atoms with Gasteiger partial charge in [-0.3, -0.25) is 0 Å². The zero-order valence-corrected chi connectivity index (χ0v) is 16.1. The van der Waals surface area contributed by atoms with Gasteiger partial charge in [0.1, 0.15) is 24.3 Å². The molecule has 0 aromatic heterocycles. The number of ether oxygens (including phenoxy) is 2. The van der Waals surface area contributed by atoms with E-state index in [1.807, 2.05) is 18.2 Å². The molecule has 0 amide bonds. The Balaban J connectivity index is 2.28. The van der Waals surface area contributed by atoms with Gasteiger partial charge in [-0.25, -0.2) is 0 Å². The number of halogens is 3. The molecule has 0 aliphatic carbocycles. The molecule has 7 heteroatoms. The topological polar surface area (TPSA) is 66.0 Å². The number of rotatable bonds is 5. The van der Waals surface area contributed by atoms with E-state index in [0.717, 1.165) is 5.56 Å². The predicted octanol–water partition coefficient (Wildman–Crippen LogP) is 5.77. The van der Waals surface area contributed by atoms with Crippen molar-refractivity contribution in [1.82, 2.24) is 0 Å². The van der Waals surface area contributed by atoms with Crippen LogP contribution in [0.4, 0.5) is 0 Å². The molecule has 0 radical (unpaired) electrons. The van der Waals surface area contributed by atoms with Crippen LogP contribution in [0.2, 0.25) is 10.0 Å². The molecule has 0 N–H and O–H groups in total. The minimum Gasteiger partial charge on any atom is -0.493 e. The summed E-state index contributed by atoms with van der Waals surface area (Å²) in [6.07, 6.45) is 1.47. The van der Waals surface area contributed by atoms with Crippen LogP contribution in [-0.2, 0) is 6.61 Å². The monoisotopic (exact) mass is 436 g/mol. The van der Waals surface area contributed by atoms with E-state index in [4.69, 9.17) is 43.2 Å². The van der Waals surface area contributed by atoms with Gasteiger partial charge in [0.05, 0.1) is 17.2 Å². The number of nitrogens with zero attached hydrogens (tertiary/aromatic N) is 2. The molecule has 0 unspecified atom stereocenters. The van der Waals surface area contributed by atoms with Gasteiger partial charge >= 0.3 is 0 Å². The number of benzene rings is 2. The predicted molar refractivity (Wildman–Crippen MR) is 101 cm³/mol. The highest BCUT2D eigenvalue weighted by molar-refractivity contribution is 9.10. The highest BCUT2D eigenvalue weighted by Crippen LogP contribution is 2.35. The van der Waals surface area contributed by atoms with Gasteiger partial charge < -0.3 is 9.47 Å². The summed E-state index contributed by atoms with van der Waals surface area (Å²) in [6, 6.07) is 12.3. The molecule has 4 nitrogen and oxygen atoms in total. The van der Waals surface area contributed by atoms with E-state index in [-0.39, 0.29) is 12.2 Å². The Morgan fingerprint density at radius 1 is 1.12 bits per heavy atom. The highest BCUT2D eigenvalue weighted by atomic mass is 79.9. The Bertz CT molecular complexity index is 899. The third kappa shape index (κ3) is 4.90. The summed E-state index contributed by atoms with van der Waals surface area (Å²) in [4.78, 5) is 0. The lowest BCUT2D eigenvalue weighted by Gasteiger charge is -2.13. The van der Waals surface area contributed by atoms with E-state index in [9.17, 15) is 0 Å². The van der Waals surface area contributed by atoms with Gasteiger partial charge in [-0.15, -0.1) is 0 Å². The Kier molecular flexibility index (Phi) is 6.73. The number of allylic oxidation sites excluding steroid dienone is 1. The van der Waals surface area contributed by atoms with E-state index in [1.54, 1.807) is 24.3 Å². The van der Waals surface area contributed by atoms with Crippen LogP contribution in [0.3, 0.4) is 0 Å². The second-order valence-electron chi connectivity index (χ2n) is 4.84. The van der Waals surface area contributed by atoms with Crippen molar-refractivity contribution in [1.29, 1.82) is 10.5 Å². The van der Waals surface area contributed by atoms with Crippen LogP contribution in [0.15, 0.2) is 40.4 Å². The molecule has 25 heavy (non-hydrogen) atoms. The molecule has 0 atom stereocenters. The van der Waals surface area contributed by atoms with Crippen molar-refractivity contribution >= 4 is 45.2 Å². The van der Waals surface area contributed by atoms with Gasteiger partial charge in [-0.2, -0.15) is 10.5 Å². The fourth-order valence-electron chi connectivity index (χ4n) is 1.97. The smallest absolute Gasteiger partial charge is 0.162 e. The lowest BCUT2D eigenvalue weighted by molar-refractivity contribution is 0.284. The van der Waals surface area contributed by atoms with Crippen molar-refractivity contribution in [3.63, 3.8) is 0 Å². The number of methoxy groups -OCH3 is 1. The minimum absolute atomic E-state index is 0.00720. The summed E-state index contributed by atoms with van der Waals surface area (Å²) in [5, 5.41) is 18.7. The Hall–Kier alpha value is -2.18. The first-order valence-electron chi connectivity index (χ1n) is 6.94. The SMILES string of the molecule is COc1cc(C=C(C#N)C#N)c(Br)cc1OCc1ccc(Cl)c(Cl)c1. The van der Waals surface area contributed by atoms with Crippen LogP contribution in [-0.4, -0.2) is 7.11 Å². The zero-order valence-electron chi connectivity index (χ0n) is 13.0. The van der Waals surface area contributed by atoms with Gasteiger partial charge in [0, 0.05) is 4.47 Å². The third-order valence-electron chi connectivity index (χ3n) is 3.20. The van der Waals surface area contributed by atoms with Gasteiger partial charge in [-0.05, 0) is 41.5 Å². The zero-order chi connectivity index (χ0) is 18.4. The molecule has 0 aliphatic rings. The first-order valence-corrected chi connectivity index (χ1v) is 8.49. The van der Waals surface area contributed by atoms with Crippen LogP contribution in [0.25, 0.3) is 6.08 Å². The highest BCUT2D eigenvalue weighted by Gasteiger charge is 2.11. The summed E-state index contributed by atoms with van der Waals surface area (Å²) in [5.41, 5.74) is 1.48. The summed E-state index contributed by atoms with van der Waals surface area (Å²) < 4.78 is 11.8. The van der Waals surface area contributed by atoms with E-state index in [1.165, 1.54) is 13.2 Å². The molecule has 0 spiro atoms. The molecule has 0 fully saturated rings. The molecule has 2 aromatic carbocycles. The number of hydrogen-bond donors (Lipinski definition) is 0. The van der Waals surface area contributed by atoms with E-state index < -0.39 is 0 Å². The average molecular weight is 438 g/mol. The normalized spacial score (nSPS) is 9.68. The molecule has 0 bridgehead atoms. The first kappa shape index (κ1) is 19.1. The second-order valence-corrected chi connectivity index (χ2v) is 6.51. The van der Waals surface area contributed by atoms with Crippen molar-refractivity contribution in [3.8, 4) is 23.6 Å². The molecule has 2 aromatic rings. The van der Waals surface area contributed by atoms with Gasteiger partial charge in [-0.1, -0.05) is 45.2 Å². The maximum Gasteiger partial charge on any atom is 0.162 e. The number of nitriles is 2. The van der Waals surface area contributed by atoms with E-state index in [0.29, 0.717) is 31.6 Å². The van der Waals surface area contributed by atoms with Crippen molar-refractivity contribution in [2.75, 3.05) is 7.11 Å². The summed E-state index contributed by atoms with van der Waals surface area (Å²) in [5.74, 6) is 0.984. The third-order valence-corrected chi connectivity index (χ3v) is 4.63. The molecule has 126 valence electrons. The van der Waals surface area contributed by atoms with E-state index in [2.05, 4.69) is 15.9 Å². The lowest BCUT2D eigenvalue weighted by atomic mass is 10.1. The maximum atomic E-state index is 8.88. The fraction of sp³-hybridized carbons (Fsp3) is 0.111. The van der Waals surface area contributed by atoms with Gasteiger partial charge in [0.25, 0.3) is 0 Å². The Labute approximate surface area is 163 Å². The molecule has 0 heterocycles. The van der Waals surface area contributed by atoms with Crippen LogP contribution in [0, 0.1) is 22.7 Å². The lowest BCUT2D eigenvalue weighted by Crippen LogP contribution is -1.98. The van der Waals surface area contributed by atoms with Crippen molar-refractivity contribution in [2.24, 2.45) is 0 Å². The van der Waals surface area contributed by atoms with Crippen molar-refractivity contribution < 1.29 is 9.47 Å². The standard InChI is InChI=1S/C18H11BrCl2N2O2/c1-24-17-6-13(4-12(8-22)9-23)14(19)7-18(17)25-10-11-2-3-15(20)16(21)5-11/h2-7H,10H2,1H3. The molecule has 0 saturated carbocycles. The number of hydrogen-bond acceptors (Lipinski definition) is 4. The van der Waals surface area contributed by atoms with Crippen molar-refractivity contribution in [3.05, 3.63) is 61.5 Å². The minimum atomic E-state index is -0.00720. The van der Waals surface area contributed by atoms with Crippen LogP contribution < -0.4 is 9.47 Å². The molecule has 0 aliphatic heterocycles. The first-order chi connectivity index (χ1) is 12.0. The maximum absolute atomic E-state index is 8.88. The fourth-order valence-corrected chi connectivity index (χ4v) is 2.73. The summed E-state index contributed by atoms with van der Waals surface area (Å²) in [7, 11) is 1.51. The van der Waals surface area contributed by atoms with Crippen LogP contribution in [0.1, 0.15) is 11.1 Å². The molecule has 2 rings (SSSR count). The van der Waals surface area contributed by atoms with Crippen molar-refractivity contribution in [2.45, 2.75) is 6.61 Å². The van der Waals surface area contributed by atoms with Crippen LogP contribution >= 0.6 is 39.1 Å². The largest absolute Gasteiger partial charge is 0.493 e. The van der Waals surface area contributed by atoms with Gasteiger partial charge in [0.15, 0.2) is 11.5 Å². The molecular formula is C18H11BrCl2N2O2.